The molecule has 114 valence electrons. The molecular weight excluding hydrogens is 376 g/mol. The first-order valence-electron chi connectivity index (χ1n) is 8.06. The van der Waals surface area contributed by atoms with Crippen LogP contribution in [0, 0.1) is 0 Å². The number of rotatable bonds is 12. The molecule has 2 heteroatoms. The van der Waals surface area contributed by atoms with Gasteiger partial charge in [0.1, 0.15) is 0 Å². The lowest BCUT2D eigenvalue weighted by molar-refractivity contribution is 0.665. The van der Waals surface area contributed by atoms with Crippen LogP contribution in [0.5, 0.6) is 0 Å². The van der Waals surface area contributed by atoms with Gasteiger partial charge in [-0.2, -0.15) is 0 Å². The summed E-state index contributed by atoms with van der Waals surface area (Å²) in [6.07, 6.45) is 13.2. The van der Waals surface area contributed by atoms with E-state index < -0.39 is 0 Å². The van der Waals surface area contributed by atoms with Crippen LogP contribution in [0.15, 0.2) is 24.3 Å². The molecule has 0 radical (unpaired) electrons. The number of hydrogen-bond acceptors (Lipinski definition) is 0. The molecule has 0 saturated heterocycles. The van der Waals surface area contributed by atoms with E-state index in [0.29, 0.717) is 0 Å². The number of benzene rings is 1. The standard InChI is InChI=1S/C18H28Br2/c19-14-7-3-1-5-10-17-12-9-13-18(16-17)11-6-2-4-8-15-20/h9,12-13,16H,1-8,10-11,14-15H2. The van der Waals surface area contributed by atoms with Crippen LogP contribution in [0.4, 0.5) is 0 Å². The van der Waals surface area contributed by atoms with E-state index in [2.05, 4.69) is 56.1 Å². The Kier molecular flexibility index (Phi) is 11.7. The molecule has 0 spiro atoms. The zero-order valence-electron chi connectivity index (χ0n) is 12.6. The first kappa shape index (κ1) is 18.2. The fourth-order valence-corrected chi connectivity index (χ4v) is 3.29. The molecule has 1 aromatic carbocycles. The van der Waals surface area contributed by atoms with Gasteiger partial charge in [-0.15, -0.1) is 0 Å². The Hall–Kier alpha value is 0.180. The first-order chi connectivity index (χ1) is 9.86. The monoisotopic (exact) mass is 402 g/mol. The lowest BCUT2D eigenvalue weighted by Crippen LogP contribution is -1.91. The highest BCUT2D eigenvalue weighted by molar-refractivity contribution is 9.09. The summed E-state index contributed by atoms with van der Waals surface area (Å²) in [5.41, 5.74) is 3.06. The molecule has 0 N–H and O–H groups in total. The maximum absolute atomic E-state index is 3.49. The second kappa shape index (κ2) is 12.9. The molecule has 0 aliphatic carbocycles. The zero-order chi connectivity index (χ0) is 14.5. The van der Waals surface area contributed by atoms with Gasteiger partial charge in [-0.1, -0.05) is 81.8 Å². The average molecular weight is 404 g/mol. The van der Waals surface area contributed by atoms with Crippen molar-refractivity contribution in [2.45, 2.75) is 64.2 Å². The van der Waals surface area contributed by atoms with Crippen LogP contribution in [0.2, 0.25) is 0 Å². The summed E-state index contributed by atoms with van der Waals surface area (Å²) in [6.45, 7) is 0. The van der Waals surface area contributed by atoms with E-state index in [1.807, 2.05) is 0 Å². The minimum Gasteiger partial charge on any atom is -0.0928 e. The van der Waals surface area contributed by atoms with Crippen molar-refractivity contribution < 1.29 is 0 Å². The predicted octanol–water partition coefficient (Wildman–Crippen LogP) is 6.68. The number of halogens is 2. The van der Waals surface area contributed by atoms with E-state index in [1.54, 1.807) is 0 Å². The summed E-state index contributed by atoms with van der Waals surface area (Å²) in [5, 5.41) is 2.30. The summed E-state index contributed by atoms with van der Waals surface area (Å²) in [6, 6.07) is 9.24. The second-order valence-corrected chi connectivity index (χ2v) is 7.11. The zero-order valence-corrected chi connectivity index (χ0v) is 15.7. The molecule has 0 bridgehead atoms. The van der Waals surface area contributed by atoms with Gasteiger partial charge in [-0.25, -0.2) is 0 Å². The van der Waals surface area contributed by atoms with Crippen molar-refractivity contribution in [1.29, 1.82) is 0 Å². The molecular formula is C18H28Br2. The molecule has 0 heterocycles. The highest BCUT2D eigenvalue weighted by atomic mass is 79.9. The van der Waals surface area contributed by atoms with Crippen molar-refractivity contribution in [2.24, 2.45) is 0 Å². The van der Waals surface area contributed by atoms with Crippen LogP contribution in [-0.4, -0.2) is 10.7 Å². The second-order valence-electron chi connectivity index (χ2n) is 5.53. The van der Waals surface area contributed by atoms with E-state index in [-0.39, 0.29) is 0 Å². The third kappa shape index (κ3) is 9.18. The molecule has 20 heavy (non-hydrogen) atoms. The molecule has 1 rings (SSSR count). The van der Waals surface area contributed by atoms with Crippen molar-refractivity contribution >= 4 is 31.9 Å². The fraction of sp³-hybridized carbons (Fsp3) is 0.667. The Morgan fingerprint density at radius 2 is 1.05 bits per heavy atom. The first-order valence-corrected chi connectivity index (χ1v) is 10.3. The van der Waals surface area contributed by atoms with Crippen molar-refractivity contribution in [2.75, 3.05) is 10.7 Å². The van der Waals surface area contributed by atoms with E-state index in [4.69, 9.17) is 0 Å². The third-order valence-electron chi connectivity index (χ3n) is 3.69. The average Bonchev–Trinajstić information content (AvgIpc) is 2.47. The maximum Gasteiger partial charge on any atom is 0.00313 e. The van der Waals surface area contributed by atoms with E-state index in [9.17, 15) is 0 Å². The minimum atomic E-state index is 1.15. The van der Waals surface area contributed by atoms with Crippen LogP contribution in [0.25, 0.3) is 0 Å². The fourth-order valence-electron chi connectivity index (χ4n) is 2.50. The third-order valence-corrected chi connectivity index (χ3v) is 4.81. The van der Waals surface area contributed by atoms with E-state index in [1.165, 1.54) is 75.3 Å². The Morgan fingerprint density at radius 1 is 0.600 bits per heavy atom. The van der Waals surface area contributed by atoms with Crippen molar-refractivity contribution in [1.82, 2.24) is 0 Å². The lowest BCUT2D eigenvalue weighted by atomic mass is 10.0. The largest absolute Gasteiger partial charge is 0.0928 e. The summed E-state index contributed by atoms with van der Waals surface area (Å²) in [4.78, 5) is 0. The Morgan fingerprint density at radius 3 is 1.50 bits per heavy atom. The van der Waals surface area contributed by atoms with Crippen molar-refractivity contribution in [3.63, 3.8) is 0 Å². The minimum absolute atomic E-state index is 1.15. The van der Waals surface area contributed by atoms with Crippen LogP contribution in [-0.2, 0) is 12.8 Å². The van der Waals surface area contributed by atoms with Crippen LogP contribution in [0.3, 0.4) is 0 Å². The van der Waals surface area contributed by atoms with Gasteiger partial charge in [0.2, 0.25) is 0 Å². The van der Waals surface area contributed by atoms with Crippen LogP contribution in [0.1, 0.15) is 62.5 Å². The molecule has 0 atom stereocenters. The number of hydrogen-bond donors (Lipinski definition) is 0. The topological polar surface area (TPSA) is 0 Å². The molecule has 0 saturated carbocycles. The number of alkyl halides is 2. The van der Waals surface area contributed by atoms with Gasteiger partial charge in [0.05, 0.1) is 0 Å². The van der Waals surface area contributed by atoms with Crippen LogP contribution >= 0.6 is 31.9 Å². The molecule has 0 fully saturated rings. The molecule has 0 aliphatic rings. The Bertz CT molecular complexity index is 307. The summed E-state index contributed by atoms with van der Waals surface area (Å²) in [5.74, 6) is 0. The molecule has 0 nitrogen and oxygen atoms in total. The van der Waals surface area contributed by atoms with Gasteiger partial charge >= 0.3 is 0 Å². The maximum atomic E-state index is 3.49. The highest BCUT2D eigenvalue weighted by Gasteiger charge is 1.98. The summed E-state index contributed by atoms with van der Waals surface area (Å²) in [7, 11) is 0. The van der Waals surface area contributed by atoms with Crippen molar-refractivity contribution in [3.8, 4) is 0 Å². The Balaban J connectivity index is 2.19. The molecule has 0 aromatic heterocycles. The van der Waals surface area contributed by atoms with Gasteiger partial charge in [0, 0.05) is 10.7 Å². The highest BCUT2D eigenvalue weighted by Crippen LogP contribution is 2.13. The lowest BCUT2D eigenvalue weighted by Gasteiger charge is -2.06. The smallest absolute Gasteiger partial charge is 0.00313 e. The molecule has 1 aromatic rings. The summed E-state index contributed by atoms with van der Waals surface area (Å²) < 4.78 is 0. The van der Waals surface area contributed by atoms with Crippen LogP contribution < -0.4 is 0 Å². The normalized spacial score (nSPS) is 10.9. The number of unbranched alkanes of at least 4 members (excludes halogenated alkanes) is 6. The van der Waals surface area contributed by atoms with E-state index in [0.717, 1.165) is 10.7 Å². The Labute approximate surface area is 142 Å². The van der Waals surface area contributed by atoms with Gasteiger partial charge in [0.15, 0.2) is 0 Å². The van der Waals surface area contributed by atoms with E-state index >= 15 is 0 Å². The molecule has 0 amide bonds. The van der Waals surface area contributed by atoms with Crippen molar-refractivity contribution in [3.05, 3.63) is 35.4 Å². The van der Waals surface area contributed by atoms with Gasteiger partial charge in [0.25, 0.3) is 0 Å². The number of aryl methyl sites for hydroxylation is 2. The van der Waals surface area contributed by atoms with Gasteiger partial charge in [-0.05, 0) is 49.7 Å². The molecule has 0 aliphatic heterocycles. The van der Waals surface area contributed by atoms with Gasteiger partial charge < -0.3 is 0 Å². The van der Waals surface area contributed by atoms with Gasteiger partial charge in [-0.3, -0.25) is 0 Å². The quantitative estimate of drug-likeness (QED) is 0.269. The SMILES string of the molecule is BrCCCCCCc1cccc(CCCCCCBr)c1. The summed E-state index contributed by atoms with van der Waals surface area (Å²) >= 11 is 6.99. The predicted molar refractivity (Wildman–Crippen MR) is 98.4 cm³/mol. The molecule has 0 unspecified atom stereocenters.